The van der Waals surface area contributed by atoms with Crippen LogP contribution in [0.3, 0.4) is 0 Å². The lowest BCUT2D eigenvalue weighted by Crippen LogP contribution is -1.88. The molecule has 0 radical (unpaired) electrons. The quantitative estimate of drug-likeness (QED) is 0.431. The van der Waals surface area contributed by atoms with Gasteiger partial charge in [-0.25, -0.2) is 0 Å². The second-order valence-corrected chi connectivity index (χ2v) is 6.52. The molecule has 2 aromatic rings. The Morgan fingerprint density at radius 2 is 1.90 bits per heavy atom. The van der Waals surface area contributed by atoms with Gasteiger partial charge in [0.25, 0.3) is 0 Å². The summed E-state index contributed by atoms with van der Waals surface area (Å²) in [5.41, 5.74) is 1.03. The summed E-state index contributed by atoms with van der Waals surface area (Å²) in [6, 6.07) is 8.24. The number of para-hydroxylation sites is 1. The molecule has 21 heavy (non-hydrogen) atoms. The minimum absolute atomic E-state index is 0.721. The monoisotopic (exact) mass is 375 g/mol. The van der Waals surface area contributed by atoms with Gasteiger partial charge in [-0.05, 0) is 13.0 Å². The number of nitrogens with zero attached hydrogens (tertiary/aromatic N) is 1. The molecule has 0 bridgehead atoms. The van der Waals surface area contributed by atoms with Crippen LogP contribution < -0.4 is 0 Å². The molecule has 0 aliphatic carbocycles. The number of hydrogen-bond donors (Lipinski definition) is 0. The first-order valence-electron chi connectivity index (χ1n) is 6.41. The van der Waals surface area contributed by atoms with E-state index in [1.165, 1.54) is 15.2 Å². The summed E-state index contributed by atoms with van der Waals surface area (Å²) in [7, 11) is 0. The number of hydrogen-bond acceptors (Lipinski definition) is 3. The van der Waals surface area contributed by atoms with Crippen LogP contribution in [-0.4, -0.2) is 21.8 Å². The molecule has 0 amide bonds. The van der Waals surface area contributed by atoms with E-state index in [-0.39, 0.29) is 0 Å². The lowest BCUT2D eigenvalue weighted by Gasteiger charge is -2.09. The van der Waals surface area contributed by atoms with Crippen molar-refractivity contribution in [2.24, 2.45) is 0 Å². The van der Waals surface area contributed by atoms with E-state index in [9.17, 15) is 0 Å². The molecule has 0 aliphatic rings. The number of fused-ring (bicyclic) bond motifs is 1. The van der Waals surface area contributed by atoms with Crippen molar-refractivity contribution in [2.45, 2.75) is 16.7 Å². The number of aromatic nitrogens is 1. The van der Waals surface area contributed by atoms with Crippen LogP contribution in [0.5, 0.6) is 0 Å². The molecule has 0 aliphatic heterocycles. The fourth-order valence-corrected chi connectivity index (χ4v) is 3.88. The Bertz CT molecular complexity index is 735. The van der Waals surface area contributed by atoms with Gasteiger partial charge in [-0.1, -0.05) is 51.9 Å². The van der Waals surface area contributed by atoms with Gasteiger partial charge in [-0.3, -0.25) is 4.98 Å². The molecule has 106 valence electrons. The number of alkyl halides is 1. The predicted octanol–water partition coefficient (Wildman–Crippen LogP) is 4.84. The van der Waals surface area contributed by atoms with E-state index in [1.54, 1.807) is 23.5 Å². The molecule has 0 atom stereocenters. The van der Waals surface area contributed by atoms with Gasteiger partial charge in [0.15, 0.2) is 0 Å². The van der Waals surface area contributed by atoms with Crippen molar-refractivity contribution in [1.29, 1.82) is 0 Å². The molecule has 1 aromatic carbocycles. The molecule has 1 nitrogen and oxygen atoms in total. The first kappa shape index (κ1) is 16.3. The number of rotatable bonds is 4. The van der Waals surface area contributed by atoms with Crippen LogP contribution in [0.1, 0.15) is 6.92 Å². The molecule has 4 heteroatoms. The van der Waals surface area contributed by atoms with Crippen molar-refractivity contribution in [1.82, 2.24) is 4.98 Å². The molecule has 0 spiro atoms. The summed E-state index contributed by atoms with van der Waals surface area (Å²) in [6.45, 7) is 1.87. The van der Waals surface area contributed by atoms with E-state index in [4.69, 9.17) is 0 Å². The lowest BCUT2D eigenvalue weighted by molar-refractivity contribution is 1.20. The predicted molar refractivity (Wildman–Crippen MR) is 98.2 cm³/mol. The molecule has 0 saturated carbocycles. The van der Waals surface area contributed by atoms with Crippen LogP contribution in [-0.2, 0) is 0 Å². The maximum absolute atomic E-state index is 4.54. The Balaban J connectivity index is 2.33. The first-order valence-corrected chi connectivity index (χ1v) is 9.50. The van der Waals surface area contributed by atoms with Gasteiger partial charge in [0.1, 0.15) is 0 Å². The number of benzene rings is 1. The van der Waals surface area contributed by atoms with Gasteiger partial charge >= 0.3 is 0 Å². The minimum Gasteiger partial charge on any atom is -0.255 e. The van der Waals surface area contributed by atoms with E-state index >= 15 is 0 Å². The third-order valence-corrected chi connectivity index (χ3v) is 4.99. The second-order valence-electron chi connectivity index (χ2n) is 3.96. The van der Waals surface area contributed by atoms with E-state index in [1.807, 2.05) is 25.3 Å². The van der Waals surface area contributed by atoms with Crippen LogP contribution in [0, 0.1) is 23.7 Å². The maximum atomic E-state index is 4.54. The highest BCUT2D eigenvalue weighted by molar-refractivity contribution is 9.09. The third kappa shape index (κ3) is 4.71. The Kier molecular flexibility index (Phi) is 7.03. The first-order chi connectivity index (χ1) is 10.4. The number of halogens is 1. The SMILES string of the molecule is CC#CCSc1cnc2ccccc2c1SCC#CCBr. The number of thioether (sulfide) groups is 2. The van der Waals surface area contributed by atoms with Gasteiger partial charge in [0.05, 0.1) is 22.4 Å². The smallest absolute Gasteiger partial charge is 0.0714 e. The van der Waals surface area contributed by atoms with Crippen LogP contribution >= 0.6 is 39.5 Å². The van der Waals surface area contributed by atoms with Gasteiger partial charge in [-0.2, -0.15) is 0 Å². The summed E-state index contributed by atoms with van der Waals surface area (Å²) >= 11 is 6.83. The average Bonchev–Trinajstić information content (AvgIpc) is 2.53. The topological polar surface area (TPSA) is 12.9 Å². The molecule has 2 rings (SSSR count). The van der Waals surface area contributed by atoms with Crippen molar-refractivity contribution in [3.63, 3.8) is 0 Å². The fourth-order valence-electron chi connectivity index (χ4n) is 1.74. The molecule has 0 N–H and O–H groups in total. The number of pyridine rings is 1. The summed E-state index contributed by atoms with van der Waals surface area (Å²) in [6.07, 6.45) is 1.95. The van der Waals surface area contributed by atoms with E-state index in [0.29, 0.717) is 0 Å². The van der Waals surface area contributed by atoms with Crippen LogP contribution in [0.4, 0.5) is 0 Å². The maximum Gasteiger partial charge on any atom is 0.0714 e. The van der Waals surface area contributed by atoms with Gasteiger partial charge in [0.2, 0.25) is 0 Å². The van der Waals surface area contributed by atoms with Crippen LogP contribution in [0.15, 0.2) is 40.3 Å². The van der Waals surface area contributed by atoms with Gasteiger partial charge in [0, 0.05) is 21.4 Å². The van der Waals surface area contributed by atoms with Crippen molar-refractivity contribution in [3.8, 4) is 23.7 Å². The molecule has 1 aromatic heterocycles. The Morgan fingerprint density at radius 3 is 2.71 bits per heavy atom. The Labute approximate surface area is 142 Å². The van der Waals surface area contributed by atoms with Gasteiger partial charge in [-0.15, -0.1) is 29.4 Å². The molecule has 0 fully saturated rings. The van der Waals surface area contributed by atoms with E-state index in [2.05, 4.69) is 56.7 Å². The molecule has 0 saturated heterocycles. The minimum atomic E-state index is 0.721. The zero-order chi connectivity index (χ0) is 14.9. The Morgan fingerprint density at radius 1 is 1.10 bits per heavy atom. The Hall–Kier alpha value is -1.07. The summed E-state index contributed by atoms with van der Waals surface area (Å²) < 4.78 is 0. The third-order valence-electron chi connectivity index (χ3n) is 2.65. The van der Waals surface area contributed by atoms with Gasteiger partial charge < -0.3 is 0 Å². The molecular formula is C17H14BrNS2. The van der Waals surface area contributed by atoms with E-state index < -0.39 is 0 Å². The van der Waals surface area contributed by atoms with Crippen molar-refractivity contribution in [3.05, 3.63) is 30.5 Å². The lowest BCUT2D eigenvalue weighted by atomic mass is 10.2. The van der Waals surface area contributed by atoms with Crippen LogP contribution in [0.25, 0.3) is 10.9 Å². The largest absolute Gasteiger partial charge is 0.255 e. The average molecular weight is 376 g/mol. The summed E-state index contributed by atoms with van der Waals surface area (Å²) in [4.78, 5) is 6.98. The fraction of sp³-hybridized carbons (Fsp3) is 0.235. The standard InChI is InChI=1S/C17H14BrNS2/c1-2-3-11-20-16-13-19-15-9-5-4-8-14(15)17(16)21-12-7-6-10-18/h4-5,8-9,13H,10-12H2,1H3. The van der Waals surface area contributed by atoms with Crippen molar-refractivity contribution >= 4 is 50.4 Å². The summed E-state index contributed by atoms with van der Waals surface area (Å²) in [5.74, 6) is 13.8. The highest BCUT2D eigenvalue weighted by Crippen LogP contribution is 2.35. The second kappa shape index (κ2) is 9.05. The van der Waals surface area contributed by atoms with Crippen LogP contribution in [0.2, 0.25) is 0 Å². The summed E-state index contributed by atoms with van der Waals surface area (Å²) in [5, 5.41) is 1.91. The molecule has 0 unspecified atom stereocenters. The van der Waals surface area contributed by atoms with Crippen molar-refractivity contribution < 1.29 is 0 Å². The zero-order valence-electron chi connectivity index (χ0n) is 11.6. The van der Waals surface area contributed by atoms with Crippen molar-refractivity contribution in [2.75, 3.05) is 16.8 Å². The molecular weight excluding hydrogens is 362 g/mol. The normalized spacial score (nSPS) is 9.62. The van der Waals surface area contributed by atoms with E-state index in [0.717, 1.165) is 22.4 Å². The zero-order valence-corrected chi connectivity index (χ0v) is 14.9. The highest BCUT2D eigenvalue weighted by atomic mass is 79.9. The molecule has 1 heterocycles. The highest BCUT2D eigenvalue weighted by Gasteiger charge is 2.09.